The predicted octanol–water partition coefficient (Wildman–Crippen LogP) is 3.21. The Morgan fingerprint density at radius 3 is 2.80 bits per heavy atom. The molecule has 1 aromatic carbocycles. The van der Waals surface area contributed by atoms with Crippen molar-refractivity contribution < 1.29 is 9.53 Å². The summed E-state index contributed by atoms with van der Waals surface area (Å²) >= 11 is 1.63. The van der Waals surface area contributed by atoms with Crippen molar-refractivity contribution in [3.8, 4) is 5.75 Å². The molecule has 0 unspecified atom stereocenters. The van der Waals surface area contributed by atoms with Gasteiger partial charge in [-0.15, -0.1) is 11.3 Å². The first-order chi connectivity index (χ1) is 9.61. The van der Waals surface area contributed by atoms with Crippen molar-refractivity contribution in [2.75, 3.05) is 7.11 Å². The van der Waals surface area contributed by atoms with Crippen molar-refractivity contribution in [1.82, 2.24) is 10.3 Å². The minimum absolute atomic E-state index is 0.151. The van der Waals surface area contributed by atoms with Crippen LogP contribution in [-0.2, 0) is 6.54 Å². The molecule has 0 spiro atoms. The molecule has 5 heteroatoms. The fourth-order valence-electron chi connectivity index (χ4n) is 1.77. The van der Waals surface area contributed by atoms with E-state index < -0.39 is 0 Å². The topological polar surface area (TPSA) is 51.2 Å². The van der Waals surface area contributed by atoms with E-state index in [1.165, 1.54) is 0 Å². The first-order valence-corrected chi connectivity index (χ1v) is 7.35. The number of benzene rings is 1. The van der Waals surface area contributed by atoms with Crippen LogP contribution in [-0.4, -0.2) is 18.0 Å². The number of nitrogens with one attached hydrogen (secondary N) is 1. The van der Waals surface area contributed by atoms with Crippen molar-refractivity contribution in [2.24, 2.45) is 0 Å². The van der Waals surface area contributed by atoms with Gasteiger partial charge in [0.25, 0.3) is 5.91 Å². The van der Waals surface area contributed by atoms with Gasteiger partial charge < -0.3 is 10.1 Å². The molecule has 4 nitrogen and oxygen atoms in total. The van der Waals surface area contributed by atoms with E-state index in [4.69, 9.17) is 4.74 Å². The standard InChI is InChI=1S/C15H18N2O2S/c1-10(2)15-17-11(9-20-15)8-16-14(18)12-6-4-5-7-13(12)19-3/h4-7,9-10H,8H2,1-3H3,(H,16,18). The molecule has 0 bridgehead atoms. The Labute approximate surface area is 122 Å². The monoisotopic (exact) mass is 290 g/mol. The number of carbonyl (C=O) groups excluding carboxylic acids is 1. The molecular weight excluding hydrogens is 272 g/mol. The summed E-state index contributed by atoms with van der Waals surface area (Å²) in [4.78, 5) is 16.6. The molecule has 1 N–H and O–H groups in total. The van der Waals surface area contributed by atoms with E-state index in [1.54, 1.807) is 30.6 Å². The normalized spacial score (nSPS) is 10.6. The van der Waals surface area contributed by atoms with Gasteiger partial charge in [-0.05, 0) is 12.1 Å². The Morgan fingerprint density at radius 1 is 1.40 bits per heavy atom. The highest BCUT2D eigenvalue weighted by atomic mass is 32.1. The molecule has 0 aliphatic carbocycles. The summed E-state index contributed by atoms with van der Waals surface area (Å²) in [5.41, 5.74) is 1.43. The molecule has 1 heterocycles. The number of nitrogens with zero attached hydrogens (tertiary/aromatic N) is 1. The van der Waals surface area contributed by atoms with Crippen LogP contribution in [0.4, 0.5) is 0 Å². The Hall–Kier alpha value is -1.88. The number of rotatable bonds is 5. The number of amides is 1. The third kappa shape index (κ3) is 3.36. The number of ether oxygens (including phenoxy) is 1. The minimum atomic E-state index is -0.151. The van der Waals surface area contributed by atoms with Crippen LogP contribution in [0, 0.1) is 0 Å². The van der Waals surface area contributed by atoms with E-state index in [0.29, 0.717) is 23.8 Å². The Morgan fingerprint density at radius 2 is 2.15 bits per heavy atom. The molecule has 0 fully saturated rings. The van der Waals surface area contributed by atoms with Crippen LogP contribution < -0.4 is 10.1 Å². The molecule has 2 rings (SSSR count). The fourth-order valence-corrected chi connectivity index (χ4v) is 2.60. The number of hydrogen-bond donors (Lipinski definition) is 1. The van der Waals surface area contributed by atoms with Crippen molar-refractivity contribution in [3.05, 3.63) is 45.9 Å². The van der Waals surface area contributed by atoms with Crippen molar-refractivity contribution in [2.45, 2.75) is 26.3 Å². The van der Waals surface area contributed by atoms with Gasteiger partial charge in [-0.25, -0.2) is 4.98 Å². The maximum atomic E-state index is 12.1. The SMILES string of the molecule is COc1ccccc1C(=O)NCc1csc(C(C)C)n1. The zero-order chi connectivity index (χ0) is 14.5. The lowest BCUT2D eigenvalue weighted by atomic mass is 10.2. The quantitative estimate of drug-likeness (QED) is 0.920. The fraction of sp³-hybridized carbons (Fsp3) is 0.333. The van der Waals surface area contributed by atoms with Crippen LogP contribution in [0.2, 0.25) is 0 Å². The van der Waals surface area contributed by atoms with Crippen LogP contribution in [0.1, 0.15) is 40.8 Å². The van der Waals surface area contributed by atoms with Gasteiger partial charge in [0.2, 0.25) is 0 Å². The molecule has 1 amide bonds. The number of carbonyl (C=O) groups is 1. The molecule has 20 heavy (non-hydrogen) atoms. The summed E-state index contributed by atoms with van der Waals surface area (Å²) in [6.07, 6.45) is 0. The first-order valence-electron chi connectivity index (χ1n) is 6.47. The molecule has 106 valence electrons. The van der Waals surface area contributed by atoms with Gasteiger partial charge in [0, 0.05) is 11.3 Å². The molecule has 0 aliphatic rings. The second-order valence-electron chi connectivity index (χ2n) is 4.71. The van der Waals surface area contributed by atoms with Gasteiger partial charge in [0.1, 0.15) is 5.75 Å². The van der Waals surface area contributed by atoms with Gasteiger partial charge in [-0.2, -0.15) is 0 Å². The zero-order valence-corrected chi connectivity index (χ0v) is 12.7. The van der Waals surface area contributed by atoms with Gasteiger partial charge in [-0.1, -0.05) is 26.0 Å². The number of para-hydroxylation sites is 1. The predicted molar refractivity (Wildman–Crippen MR) is 80.4 cm³/mol. The Kier molecular flexibility index (Phi) is 4.74. The van der Waals surface area contributed by atoms with Crippen molar-refractivity contribution in [3.63, 3.8) is 0 Å². The smallest absolute Gasteiger partial charge is 0.255 e. The average molecular weight is 290 g/mol. The average Bonchev–Trinajstić information content (AvgIpc) is 2.94. The number of hydrogen-bond acceptors (Lipinski definition) is 4. The second-order valence-corrected chi connectivity index (χ2v) is 5.60. The molecule has 0 atom stereocenters. The third-order valence-corrected chi connectivity index (χ3v) is 4.04. The van der Waals surface area contributed by atoms with E-state index in [0.717, 1.165) is 10.7 Å². The summed E-state index contributed by atoms with van der Waals surface area (Å²) in [5, 5.41) is 5.94. The molecular formula is C15H18N2O2S. The summed E-state index contributed by atoms with van der Waals surface area (Å²) in [5.74, 6) is 0.839. The van der Waals surface area contributed by atoms with E-state index in [1.807, 2.05) is 17.5 Å². The van der Waals surface area contributed by atoms with E-state index in [2.05, 4.69) is 24.1 Å². The maximum absolute atomic E-state index is 12.1. The Balaban J connectivity index is 2.01. The Bertz CT molecular complexity index is 593. The molecule has 0 radical (unpaired) electrons. The minimum Gasteiger partial charge on any atom is -0.496 e. The van der Waals surface area contributed by atoms with Crippen LogP contribution in [0.5, 0.6) is 5.75 Å². The highest BCUT2D eigenvalue weighted by Crippen LogP contribution is 2.20. The summed E-state index contributed by atoms with van der Waals surface area (Å²) < 4.78 is 5.18. The lowest BCUT2D eigenvalue weighted by Crippen LogP contribution is -2.23. The largest absolute Gasteiger partial charge is 0.496 e. The number of methoxy groups -OCH3 is 1. The molecule has 0 saturated heterocycles. The number of aromatic nitrogens is 1. The lowest BCUT2D eigenvalue weighted by Gasteiger charge is -2.08. The third-order valence-electron chi connectivity index (χ3n) is 2.85. The molecule has 1 aromatic heterocycles. The van der Waals surface area contributed by atoms with Crippen LogP contribution in [0.3, 0.4) is 0 Å². The van der Waals surface area contributed by atoms with E-state index in [9.17, 15) is 4.79 Å². The van der Waals surface area contributed by atoms with Crippen LogP contribution >= 0.6 is 11.3 Å². The second kappa shape index (κ2) is 6.52. The first kappa shape index (κ1) is 14.5. The van der Waals surface area contributed by atoms with E-state index >= 15 is 0 Å². The van der Waals surface area contributed by atoms with Gasteiger partial charge in [-0.3, -0.25) is 4.79 Å². The zero-order valence-electron chi connectivity index (χ0n) is 11.8. The van der Waals surface area contributed by atoms with Crippen molar-refractivity contribution >= 4 is 17.2 Å². The molecule has 2 aromatic rings. The maximum Gasteiger partial charge on any atom is 0.255 e. The number of thiazole rings is 1. The molecule has 0 aliphatic heterocycles. The van der Waals surface area contributed by atoms with Crippen molar-refractivity contribution in [1.29, 1.82) is 0 Å². The van der Waals surface area contributed by atoms with Crippen LogP contribution in [0.25, 0.3) is 0 Å². The van der Waals surface area contributed by atoms with Gasteiger partial charge >= 0.3 is 0 Å². The summed E-state index contributed by atoms with van der Waals surface area (Å²) in [7, 11) is 1.56. The van der Waals surface area contributed by atoms with E-state index in [-0.39, 0.29) is 5.91 Å². The van der Waals surface area contributed by atoms with Gasteiger partial charge in [0.05, 0.1) is 29.9 Å². The highest BCUT2D eigenvalue weighted by molar-refractivity contribution is 7.09. The summed E-state index contributed by atoms with van der Waals surface area (Å²) in [6.45, 7) is 4.64. The van der Waals surface area contributed by atoms with Gasteiger partial charge in [0.15, 0.2) is 0 Å². The van der Waals surface area contributed by atoms with Crippen LogP contribution in [0.15, 0.2) is 29.6 Å². The summed E-state index contributed by atoms with van der Waals surface area (Å²) in [6, 6.07) is 7.17. The molecule has 0 saturated carbocycles. The lowest BCUT2D eigenvalue weighted by molar-refractivity contribution is 0.0947. The highest BCUT2D eigenvalue weighted by Gasteiger charge is 2.12.